The molecule has 2 N–H and O–H groups in total. The highest BCUT2D eigenvalue weighted by atomic mass is 79.9. The Balaban J connectivity index is 3.16. The van der Waals surface area contributed by atoms with Crippen LogP contribution in [0.4, 0.5) is 0 Å². The molecule has 0 unspecified atom stereocenters. The van der Waals surface area contributed by atoms with E-state index in [0.717, 1.165) is 4.47 Å². The van der Waals surface area contributed by atoms with E-state index in [4.69, 9.17) is 5.73 Å². The average molecular weight is 242 g/mol. The average Bonchev–Trinajstić information content (AvgIpc) is 2.03. The van der Waals surface area contributed by atoms with Gasteiger partial charge in [-0.1, -0.05) is 41.9 Å². The molecule has 1 aromatic rings. The molecule has 0 atom stereocenters. The van der Waals surface area contributed by atoms with Crippen molar-refractivity contribution in [2.45, 2.75) is 26.2 Å². The zero-order chi connectivity index (χ0) is 10.1. The van der Waals surface area contributed by atoms with Crippen molar-refractivity contribution in [3.63, 3.8) is 0 Å². The van der Waals surface area contributed by atoms with Crippen molar-refractivity contribution < 1.29 is 0 Å². The first kappa shape index (κ1) is 10.7. The van der Waals surface area contributed by atoms with E-state index in [2.05, 4.69) is 54.9 Å². The van der Waals surface area contributed by atoms with E-state index in [1.807, 2.05) is 0 Å². The number of rotatable bonds is 2. The standard InChI is InChI=1S/C11H16BrN/c1-8-4-5-9(10(12)6-8)11(2,3)7-13/h4-6H,7,13H2,1-3H3. The molecule has 0 aromatic heterocycles. The second-order valence-electron chi connectivity index (χ2n) is 4.07. The lowest BCUT2D eigenvalue weighted by Gasteiger charge is -2.24. The summed E-state index contributed by atoms with van der Waals surface area (Å²) >= 11 is 3.57. The Hall–Kier alpha value is -0.340. The fraction of sp³-hybridized carbons (Fsp3) is 0.455. The van der Waals surface area contributed by atoms with Crippen LogP contribution in [0, 0.1) is 6.92 Å². The third kappa shape index (κ3) is 2.32. The maximum Gasteiger partial charge on any atom is 0.0215 e. The van der Waals surface area contributed by atoms with Crippen LogP contribution in [0.15, 0.2) is 22.7 Å². The Kier molecular flexibility index (Phi) is 3.14. The minimum Gasteiger partial charge on any atom is -0.330 e. The van der Waals surface area contributed by atoms with Crippen LogP contribution in [-0.2, 0) is 5.41 Å². The highest BCUT2D eigenvalue weighted by Gasteiger charge is 2.20. The van der Waals surface area contributed by atoms with E-state index in [9.17, 15) is 0 Å². The summed E-state index contributed by atoms with van der Waals surface area (Å²) in [5.74, 6) is 0. The first-order valence-electron chi connectivity index (χ1n) is 4.44. The van der Waals surface area contributed by atoms with Gasteiger partial charge in [0.15, 0.2) is 0 Å². The summed E-state index contributed by atoms with van der Waals surface area (Å²) in [4.78, 5) is 0. The van der Waals surface area contributed by atoms with Gasteiger partial charge in [0.2, 0.25) is 0 Å². The lowest BCUT2D eigenvalue weighted by Crippen LogP contribution is -2.28. The molecule has 2 heteroatoms. The van der Waals surface area contributed by atoms with Crippen molar-refractivity contribution in [3.05, 3.63) is 33.8 Å². The molecule has 0 bridgehead atoms. The third-order valence-corrected chi connectivity index (χ3v) is 3.02. The maximum atomic E-state index is 5.72. The number of hydrogen-bond donors (Lipinski definition) is 1. The van der Waals surface area contributed by atoms with Gasteiger partial charge in [0.1, 0.15) is 0 Å². The van der Waals surface area contributed by atoms with Crippen LogP contribution in [0.5, 0.6) is 0 Å². The van der Waals surface area contributed by atoms with Gasteiger partial charge in [0.05, 0.1) is 0 Å². The molecule has 0 saturated heterocycles. The van der Waals surface area contributed by atoms with Gasteiger partial charge in [-0.05, 0) is 24.1 Å². The Morgan fingerprint density at radius 1 is 1.38 bits per heavy atom. The van der Waals surface area contributed by atoms with Gasteiger partial charge in [0, 0.05) is 16.4 Å². The molecule has 1 aromatic carbocycles. The van der Waals surface area contributed by atoms with Gasteiger partial charge < -0.3 is 5.73 Å². The quantitative estimate of drug-likeness (QED) is 0.847. The molecule has 0 aliphatic rings. The SMILES string of the molecule is Cc1ccc(C(C)(C)CN)c(Br)c1. The zero-order valence-electron chi connectivity index (χ0n) is 8.39. The molecule has 0 spiro atoms. The van der Waals surface area contributed by atoms with Gasteiger partial charge in [-0.25, -0.2) is 0 Å². The summed E-state index contributed by atoms with van der Waals surface area (Å²) < 4.78 is 1.16. The largest absolute Gasteiger partial charge is 0.330 e. The van der Waals surface area contributed by atoms with Crippen molar-refractivity contribution >= 4 is 15.9 Å². The van der Waals surface area contributed by atoms with Crippen molar-refractivity contribution in [2.24, 2.45) is 5.73 Å². The lowest BCUT2D eigenvalue weighted by atomic mass is 9.84. The fourth-order valence-electron chi connectivity index (χ4n) is 1.28. The summed E-state index contributed by atoms with van der Waals surface area (Å²) in [7, 11) is 0. The highest BCUT2D eigenvalue weighted by Crippen LogP contribution is 2.29. The second kappa shape index (κ2) is 3.81. The molecule has 0 fully saturated rings. The van der Waals surface area contributed by atoms with Gasteiger partial charge in [-0.3, -0.25) is 0 Å². The van der Waals surface area contributed by atoms with Gasteiger partial charge in [-0.2, -0.15) is 0 Å². The number of hydrogen-bond acceptors (Lipinski definition) is 1. The first-order valence-corrected chi connectivity index (χ1v) is 5.23. The van der Waals surface area contributed by atoms with Gasteiger partial charge >= 0.3 is 0 Å². The van der Waals surface area contributed by atoms with E-state index in [1.165, 1.54) is 11.1 Å². The fourth-order valence-corrected chi connectivity index (χ4v) is 2.31. The van der Waals surface area contributed by atoms with Crippen LogP contribution >= 0.6 is 15.9 Å². The predicted molar refractivity (Wildman–Crippen MR) is 61.0 cm³/mol. The second-order valence-corrected chi connectivity index (χ2v) is 4.93. The highest BCUT2D eigenvalue weighted by molar-refractivity contribution is 9.10. The molecule has 0 heterocycles. The van der Waals surface area contributed by atoms with Crippen LogP contribution in [0.1, 0.15) is 25.0 Å². The van der Waals surface area contributed by atoms with E-state index < -0.39 is 0 Å². The Labute approximate surface area is 88.5 Å². The molecule has 0 radical (unpaired) electrons. The monoisotopic (exact) mass is 241 g/mol. The number of aryl methyl sites for hydroxylation is 1. The van der Waals surface area contributed by atoms with Crippen LogP contribution in [0.2, 0.25) is 0 Å². The molecule has 72 valence electrons. The molecule has 0 aliphatic heterocycles. The Morgan fingerprint density at radius 3 is 2.46 bits per heavy atom. The summed E-state index contributed by atoms with van der Waals surface area (Å²) in [5.41, 5.74) is 8.32. The predicted octanol–water partition coefficient (Wildman–Crippen LogP) is 2.99. The molecule has 0 aliphatic carbocycles. The summed E-state index contributed by atoms with van der Waals surface area (Å²) in [6.45, 7) is 7.06. The van der Waals surface area contributed by atoms with E-state index in [-0.39, 0.29) is 5.41 Å². The minimum absolute atomic E-state index is 0.0481. The van der Waals surface area contributed by atoms with Crippen LogP contribution in [-0.4, -0.2) is 6.54 Å². The topological polar surface area (TPSA) is 26.0 Å². The first-order chi connectivity index (χ1) is 5.97. The lowest BCUT2D eigenvalue weighted by molar-refractivity contribution is 0.536. The third-order valence-electron chi connectivity index (χ3n) is 2.36. The molecular weight excluding hydrogens is 226 g/mol. The summed E-state index contributed by atoms with van der Waals surface area (Å²) in [5, 5.41) is 0. The Bertz CT molecular complexity index is 305. The molecule has 1 rings (SSSR count). The smallest absolute Gasteiger partial charge is 0.0215 e. The van der Waals surface area contributed by atoms with Crippen molar-refractivity contribution in [2.75, 3.05) is 6.54 Å². The van der Waals surface area contributed by atoms with Gasteiger partial charge in [0.25, 0.3) is 0 Å². The number of nitrogens with two attached hydrogens (primary N) is 1. The van der Waals surface area contributed by atoms with E-state index in [1.54, 1.807) is 0 Å². The Morgan fingerprint density at radius 2 is 2.00 bits per heavy atom. The molecule has 13 heavy (non-hydrogen) atoms. The molecule has 0 saturated carbocycles. The van der Waals surface area contributed by atoms with Crippen LogP contribution < -0.4 is 5.73 Å². The van der Waals surface area contributed by atoms with E-state index >= 15 is 0 Å². The van der Waals surface area contributed by atoms with Gasteiger partial charge in [-0.15, -0.1) is 0 Å². The van der Waals surface area contributed by atoms with Crippen molar-refractivity contribution in [3.8, 4) is 0 Å². The zero-order valence-corrected chi connectivity index (χ0v) is 9.98. The molecular formula is C11H16BrN. The van der Waals surface area contributed by atoms with Crippen LogP contribution in [0.3, 0.4) is 0 Å². The van der Waals surface area contributed by atoms with Crippen LogP contribution in [0.25, 0.3) is 0 Å². The molecule has 0 amide bonds. The van der Waals surface area contributed by atoms with E-state index in [0.29, 0.717) is 6.54 Å². The summed E-state index contributed by atoms with van der Waals surface area (Å²) in [6.07, 6.45) is 0. The number of benzene rings is 1. The minimum atomic E-state index is 0.0481. The summed E-state index contributed by atoms with van der Waals surface area (Å²) in [6, 6.07) is 6.40. The number of halogens is 1. The van der Waals surface area contributed by atoms with Crippen molar-refractivity contribution in [1.82, 2.24) is 0 Å². The van der Waals surface area contributed by atoms with Crippen molar-refractivity contribution in [1.29, 1.82) is 0 Å². The molecule has 1 nitrogen and oxygen atoms in total. The normalized spacial score (nSPS) is 11.8. The maximum absolute atomic E-state index is 5.72.